The molecular formula is C27H43N5O5S. The number of carbonyl (C=O) groups excluding carboxylic acids is 4. The van der Waals surface area contributed by atoms with E-state index in [-0.39, 0.29) is 24.7 Å². The number of hydrogen-bond acceptors (Lipinski definition) is 7. The number of thiazole rings is 1. The van der Waals surface area contributed by atoms with E-state index in [2.05, 4.69) is 15.6 Å². The normalized spacial score (nSPS) is 18.7. The lowest BCUT2D eigenvalue weighted by Crippen LogP contribution is -2.51. The predicted octanol–water partition coefficient (Wildman–Crippen LogP) is 3.96. The van der Waals surface area contributed by atoms with E-state index < -0.39 is 23.9 Å². The number of nitrogens with one attached hydrogen (secondary N) is 2. The van der Waals surface area contributed by atoms with Gasteiger partial charge in [0.25, 0.3) is 0 Å². The Morgan fingerprint density at radius 1 is 1.13 bits per heavy atom. The molecule has 3 atom stereocenters. The molecule has 2 fully saturated rings. The van der Waals surface area contributed by atoms with Crippen LogP contribution in [-0.4, -0.2) is 69.5 Å². The minimum Gasteiger partial charge on any atom is -0.344 e. The second-order valence-electron chi connectivity index (χ2n) is 10.6. The van der Waals surface area contributed by atoms with Gasteiger partial charge in [0.05, 0.1) is 12.0 Å². The van der Waals surface area contributed by atoms with Crippen molar-refractivity contribution in [3.63, 3.8) is 0 Å². The zero-order valence-electron chi connectivity index (χ0n) is 22.5. The number of piperidine rings is 1. The highest BCUT2D eigenvalue weighted by atomic mass is 32.1. The molecule has 1 aromatic rings. The van der Waals surface area contributed by atoms with E-state index in [0.717, 1.165) is 58.0 Å². The van der Waals surface area contributed by atoms with Crippen molar-refractivity contribution in [1.82, 2.24) is 20.3 Å². The van der Waals surface area contributed by atoms with E-state index in [1.165, 1.54) is 17.8 Å². The van der Waals surface area contributed by atoms with Gasteiger partial charge in [-0.1, -0.05) is 45.4 Å². The summed E-state index contributed by atoms with van der Waals surface area (Å²) in [6, 6.07) is -1.63. The van der Waals surface area contributed by atoms with Crippen LogP contribution in [0, 0.1) is 11.8 Å². The van der Waals surface area contributed by atoms with Gasteiger partial charge < -0.3 is 15.5 Å². The number of anilines is 1. The fourth-order valence-electron chi connectivity index (χ4n) is 5.71. The first-order valence-corrected chi connectivity index (χ1v) is 15.0. The average molecular weight is 550 g/mol. The Hall–Kier alpha value is -2.53. The van der Waals surface area contributed by atoms with Crippen molar-refractivity contribution in [2.24, 2.45) is 11.8 Å². The van der Waals surface area contributed by atoms with E-state index in [4.69, 9.17) is 0 Å². The Bertz CT molecular complexity index is 886. The lowest BCUT2D eigenvalue weighted by Gasteiger charge is -2.34. The minimum absolute atomic E-state index is 0.0175. The first-order chi connectivity index (χ1) is 18.4. The van der Waals surface area contributed by atoms with Crippen LogP contribution < -0.4 is 10.6 Å². The average Bonchev–Trinajstić information content (AvgIpc) is 3.46. The Morgan fingerprint density at radius 2 is 1.84 bits per heavy atom. The molecule has 1 saturated heterocycles. The molecule has 0 spiro atoms. The number of amides is 4. The molecule has 4 amide bonds. The molecule has 212 valence electrons. The molecule has 3 rings (SSSR count). The van der Waals surface area contributed by atoms with Crippen molar-refractivity contribution in [2.75, 3.05) is 18.4 Å². The number of nitrogens with zero attached hydrogens (tertiary/aromatic N) is 3. The van der Waals surface area contributed by atoms with Crippen LogP contribution in [0.5, 0.6) is 0 Å². The summed E-state index contributed by atoms with van der Waals surface area (Å²) in [5.74, 6) is -1.17. The van der Waals surface area contributed by atoms with Gasteiger partial charge >= 0.3 is 0 Å². The van der Waals surface area contributed by atoms with Crippen molar-refractivity contribution >= 4 is 40.6 Å². The quantitative estimate of drug-likeness (QED) is 0.183. The second kappa shape index (κ2) is 15.8. The molecule has 1 aliphatic heterocycles. The zero-order chi connectivity index (χ0) is 27.3. The molecule has 10 nitrogen and oxygen atoms in total. The number of hydroxylamine groups is 2. The molecule has 1 aromatic heterocycles. The fourth-order valence-corrected chi connectivity index (χ4v) is 6.24. The SMILES string of the molecule is CCC[C@@H]([C@@H](CC1CCCCC1)C(=O)N[C@@H](CCC(=O)N1CCCCC1)C(=O)Nc1nccs1)N(O)C=O. The van der Waals surface area contributed by atoms with E-state index in [1.54, 1.807) is 11.6 Å². The highest BCUT2D eigenvalue weighted by molar-refractivity contribution is 7.13. The van der Waals surface area contributed by atoms with Gasteiger partial charge in [0.15, 0.2) is 5.13 Å². The lowest BCUT2D eigenvalue weighted by molar-refractivity contribution is -0.170. The Balaban J connectivity index is 1.76. The number of carbonyl (C=O) groups is 4. The molecule has 1 aliphatic carbocycles. The van der Waals surface area contributed by atoms with Crippen LogP contribution in [0.15, 0.2) is 11.6 Å². The molecular weight excluding hydrogens is 506 g/mol. The molecule has 2 aliphatic rings. The van der Waals surface area contributed by atoms with Crippen LogP contribution in [0.4, 0.5) is 5.13 Å². The van der Waals surface area contributed by atoms with E-state index in [1.807, 2.05) is 11.8 Å². The monoisotopic (exact) mass is 549 g/mol. The van der Waals surface area contributed by atoms with Gasteiger partial charge in [0.2, 0.25) is 24.1 Å². The van der Waals surface area contributed by atoms with Crippen LogP contribution >= 0.6 is 11.3 Å². The molecule has 0 bridgehead atoms. The molecule has 11 heteroatoms. The third kappa shape index (κ3) is 9.04. The van der Waals surface area contributed by atoms with Gasteiger partial charge in [-0.3, -0.25) is 24.4 Å². The van der Waals surface area contributed by atoms with Crippen molar-refractivity contribution < 1.29 is 24.4 Å². The van der Waals surface area contributed by atoms with Gasteiger partial charge in [0, 0.05) is 31.1 Å². The Labute approximate surface area is 229 Å². The summed E-state index contributed by atoms with van der Waals surface area (Å²) >= 11 is 1.27. The number of hydrogen-bond donors (Lipinski definition) is 3. The molecule has 0 aromatic carbocycles. The zero-order valence-corrected chi connectivity index (χ0v) is 23.3. The van der Waals surface area contributed by atoms with Crippen molar-refractivity contribution in [3.05, 3.63) is 11.6 Å². The minimum atomic E-state index is -0.945. The summed E-state index contributed by atoms with van der Waals surface area (Å²) in [5.41, 5.74) is 0. The maximum atomic E-state index is 13.8. The fraction of sp³-hybridized carbons (Fsp3) is 0.741. The van der Waals surface area contributed by atoms with Crippen LogP contribution in [0.25, 0.3) is 0 Å². The predicted molar refractivity (Wildman–Crippen MR) is 145 cm³/mol. The summed E-state index contributed by atoms with van der Waals surface area (Å²) < 4.78 is 0. The first kappa shape index (κ1) is 30.0. The lowest BCUT2D eigenvalue weighted by atomic mass is 9.79. The maximum Gasteiger partial charge on any atom is 0.248 e. The largest absolute Gasteiger partial charge is 0.344 e. The number of likely N-dealkylation sites (tertiary alicyclic amines) is 1. The number of rotatable bonds is 14. The smallest absolute Gasteiger partial charge is 0.248 e. The highest BCUT2D eigenvalue weighted by Gasteiger charge is 2.36. The van der Waals surface area contributed by atoms with Crippen LogP contribution in [0.2, 0.25) is 0 Å². The van der Waals surface area contributed by atoms with Crippen LogP contribution in [-0.2, 0) is 19.2 Å². The van der Waals surface area contributed by atoms with Crippen molar-refractivity contribution in [1.29, 1.82) is 0 Å². The van der Waals surface area contributed by atoms with Gasteiger partial charge in [-0.25, -0.2) is 10.0 Å². The standard InChI is InChI=1S/C27H43N5O5S/c1-2-9-23(32(37)19-33)21(18-20-10-5-3-6-11-20)25(35)29-22(26(36)30-27-28-14-17-38-27)12-13-24(34)31-15-7-4-8-16-31/h14,17,19-23,37H,2-13,15-16,18H2,1H3,(H,29,35)(H,28,30,36)/t21-,22+,23+/m1/s1. The molecule has 3 N–H and O–H groups in total. The molecule has 1 saturated carbocycles. The Kier molecular flexibility index (Phi) is 12.5. The van der Waals surface area contributed by atoms with Gasteiger partial charge in [-0.15, -0.1) is 11.3 Å². The summed E-state index contributed by atoms with van der Waals surface area (Å²) in [5, 5.41) is 18.8. The molecule has 38 heavy (non-hydrogen) atoms. The summed E-state index contributed by atoms with van der Waals surface area (Å²) in [6.45, 7) is 3.39. The van der Waals surface area contributed by atoms with E-state index in [0.29, 0.717) is 41.8 Å². The Morgan fingerprint density at radius 3 is 2.47 bits per heavy atom. The van der Waals surface area contributed by atoms with Crippen LogP contribution in [0.3, 0.4) is 0 Å². The maximum absolute atomic E-state index is 13.8. The highest BCUT2D eigenvalue weighted by Crippen LogP contribution is 2.32. The molecule has 2 heterocycles. The van der Waals surface area contributed by atoms with Crippen LogP contribution in [0.1, 0.15) is 90.4 Å². The molecule has 0 unspecified atom stereocenters. The van der Waals surface area contributed by atoms with Gasteiger partial charge in [0.1, 0.15) is 6.04 Å². The second-order valence-corrected chi connectivity index (χ2v) is 11.5. The summed E-state index contributed by atoms with van der Waals surface area (Å²) in [6.07, 6.45) is 12.4. The third-order valence-electron chi connectivity index (χ3n) is 7.80. The topological polar surface area (TPSA) is 132 Å². The van der Waals surface area contributed by atoms with E-state index in [9.17, 15) is 24.4 Å². The van der Waals surface area contributed by atoms with Crippen molar-refractivity contribution in [2.45, 2.75) is 102 Å². The van der Waals surface area contributed by atoms with Crippen molar-refractivity contribution in [3.8, 4) is 0 Å². The van der Waals surface area contributed by atoms with E-state index >= 15 is 0 Å². The van der Waals surface area contributed by atoms with Gasteiger partial charge in [-0.05, 0) is 44.4 Å². The third-order valence-corrected chi connectivity index (χ3v) is 8.49. The molecule has 0 radical (unpaired) electrons. The summed E-state index contributed by atoms with van der Waals surface area (Å²) in [4.78, 5) is 57.3. The van der Waals surface area contributed by atoms with Gasteiger partial charge in [-0.2, -0.15) is 0 Å². The summed E-state index contributed by atoms with van der Waals surface area (Å²) in [7, 11) is 0. The number of aromatic nitrogens is 1. The first-order valence-electron chi connectivity index (χ1n) is 14.1.